The van der Waals surface area contributed by atoms with E-state index in [-0.39, 0.29) is 5.78 Å². The van der Waals surface area contributed by atoms with Crippen molar-refractivity contribution in [1.29, 1.82) is 0 Å². The number of carbonyl (C=O) groups is 1. The number of nitrogens with zero attached hydrogens (tertiary/aromatic N) is 2. The molecule has 1 unspecified atom stereocenters. The predicted octanol–water partition coefficient (Wildman–Crippen LogP) is 2.04. The molecule has 0 radical (unpaired) electrons. The van der Waals surface area contributed by atoms with E-state index in [2.05, 4.69) is 5.10 Å². The second-order valence-electron chi connectivity index (χ2n) is 4.13. The molecule has 1 saturated heterocycles. The first-order chi connectivity index (χ1) is 7.81. The van der Waals surface area contributed by atoms with Crippen LogP contribution >= 0.6 is 0 Å². The summed E-state index contributed by atoms with van der Waals surface area (Å²) in [4.78, 5) is 11.9. The lowest BCUT2D eigenvalue weighted by molar-refractivity contribution is 0.0852. The van der Waals surface area contributed by atoms with E-state index in [9.17, 15) is 4.79 Å². The smallest absolute Gasteiger partial charge is 0.180 e. The molecule has 1 aliphatic rings. The van der Waals surface area contributed by atoms with Gasteiger partial charge in [-0.15, -0.1) is 0 Å². The van der Waals surface area contributed by atoms with Crippen LogP contribution in [0.15, 0.2) is 12.3 Å². The largest absolute Gasteiger partial charge is 0.378 e. The van der Waals surface area contributed by atoms with Gasteiger partial charge in [0.1, 0.15) is 5.69 Å². The van der Waals surface area contributed by atoms with Crippen LogP contribution in [-0.4, -0.2) is 28.3 Å². The fourth-order valence-electron chi connectivity index (χ4n) is 2.11. The van der Waals surface area contributed by atoms with E-state index in [1.807, 2.05) is 6.92 Å². The number of Topliss-reactive ketones (excluding diaryl/α,β-unsaturated/α-hetero) is 1. The van der Waals surface area contributed by atoms with Crippen molar-refractivity contribution in [3.63, 3.8) is 0 Å². The molecular weight excluding hydrogens is 204 g/mol. The summed E-state index contributed by atoms with van der Waals surface area (Å²) in [5, 5.41) is 4.10. The third kappa shape index (κ3) is 2.50. The molecule has 4 nitrogen and oxygen atoms in total. The molecule has 0 aromatic carbocycles. The van der Waals surface area contributed by atoms with Crippen LogP contribution in [-0.2, 0) is 11.3 Å². The van der Waals surface area contributed by atoms with Crippen molar-refractivity contribution in [1.82, 2.24) is 9.78 Å². The van der Waals surface area contributed by atoms with Crippen molar-refractivity contribution in [2.45, 2.75) is 45.3 Å². The highest BCUT2D eigenvalue weighted by Gasteiger charge is 2.18. The van der Waals surface area contributed by atoms with Crippen LogP contribution in [0, 0.1) is 0 Å². The summed E-state index contributed by atoms with van der Waals surface area (Å²) in [5.74, 6) is 0.176. The Kier molecular flexibility index (Phi) is 3.72. The molecule has 1 aromatic heterocycles. The van der Waals surface area contributed by atoms with Gasteiger partial charge in [0, 0.05) is 25.8 Å². The van der Waals surface area contributed by atoms with Crippen LogP contribution in [0.25, 0.3) is 0 Å². The van der Waals surface area contributed by atoms with Gasteiger partial charge in [-0.3, -0.25) is 9.48 Å². The summed E-state index contributed by atoms with van der Waals surface area (Å²) >= 11 is 0. The molecule has 0 bridgehead atoms. The third-order valence-corrected chi connectivity index (χ3v) is 3.02. The van der Waals surface area contributed by atoms with Crippen LogP contribution < -0.4 is 0 Å². The maximum Gasteiger partial charge on any atom is 0.180 e. The number of ketones is 1. The van der Waals surface area contributed by atoms with Crippen LogP contribution in [0.3, 0.4) is 0 Å². The molecule has 2 rings (SSSR count). The van der Waals surface area contributed by atoms with Crippen LogP contribution in [0.1, 0.15) is 43.1 Å². The number of carbonyl (C=O) groups excluding carboxylic acids is 1. The second kappa shape index (κ2) is 5.25. The standard InChI is InChI=1S/C12H18N2O2/c1-2-14-11(7-8-13-14)12(15)6-5-10-4-3-9-16-10/h7-8,10H,2-6,9H2,1H3. The molecule has 1 fully saturated rings. The lowest BCUT2D eigenvalue weighted by Gasteiger charge is -2.08. The molecule has 88 valence electrons. The first kappa shape index (κ1) is 11.3. The van der Waals surface area contributed by atoms with Crippen molar-refractivity contribution in [2.24, 2.45) is 0 Å². The Morgan fingerprint density at radius 2 is 2.56 bits per heavy atom. The first-order valence-electron chi connectivity index (χ1n) is 5.98. The topological polar surface area (TPSA) is 44.1 Å². The van der Waals surface area contributed by atoms with Crippen molar-refractivity contribution in [2.75, 3.05) is 6.61 Å². The van der Waals surface area contributed by atoms with Crippen molar-refractivity contribution < 1.29 is 9.53 Å². The molecule has 1 aliphatic heterocycles. The number of hydrogen-bond donors (Lipinski definition) is 0. The van der Waals surface area contributed by atoms with Crippen LogP contribution in [0.4, 0.5) is 0 Å². The highest BCUT2D eigenvalue weighted by atomic mass is 16.5. The minimum Gasteiger partial charge on any atom is -0.378 e. The number of rotatable bonds is 5. The summed E-state index contributed by atoms with van der Waals surface area (Å²) in [5.41, 5.74) is 0.723. The molecular formula is C12H18N2O2. The average molecular weight is 222 g/mol. The number of ether oxygens (including phenoxy) is 1. The summed E-state index contributed by atoms with van der Waals surface area (Å²) in [6.45, 7) is 3.59. The first-order valence-corrected chi connectivity index (χ1v) is 5.98. The van der Waals surface area contributed by atoms with Crippen LogP contribution in [0.5, 0.6) is 0 Å². The van der Waals surface area contributed by atoms with Gasteiger partial charge in [-0.25, -0.2) is 0 Å². The highest BCUT2D eigenvalue weighted by Crippen LogP contribution is 2.18. The molecule has 1 atom stereocenters. The Balaban J connectivity index is 1.87. The molecule has 4 heteroatoms. The molecule has 0 amide bonds. The predicted molar refractivity (Wildman–Crippen MR) is 60.4 cm³/mol. The van der Waals surface area contributed by atoms with Gasteiger partial charge in [0.15, 0.2) is 5.78 Å². The maximum atomic E-state index is 11.9. The van der Waals surface area contributed by atoms with E-state index >= 15 is 0 Å². The van der Waals surface area contributed by atoms with E-state index in [0.717, 1.165) is 38.1 Å². The highest BCUT2D eigenvalue weighted by molar-refractivity contribution is 5.94. The zero-order valence-electron chi connectivity index (χ0n) is 9.69. The fraction of sp³-hybridized carbons (Fsp3) is 0.667. The van der Waals surface area contributed by atoms with Gasteiger partial charge in [-0.05, 0) is 32.3 Å². The molecule has 16 heavy (non-hydrogen) atoms. The Morgan fingerprint density at radius 3 is 3.25 bits per heavy atom. The maximum absolute atomic E-state index is 11.9. The summed E-state index contributed by atoms with van der Waals surface area (Å²) in [6, 6.07) is 1.79. The summed E-state index contributed by atoms with van der Waals surface area (Å²) in [7, 11) is 0. The average Bonchev–Trinajstić information content (AvgIpc) is 2.96. The van der Waals surface area contributed by atoms with Crippen LogP contribution in [0.2, 0.25) is 0 Å². The van der Waals surface area contributed by atoms with E-state index in [1.165, 1.54) is 0 Å². The minimum absolute atomic E-state index is 0.176. The van der Waals surface area contributed by atoms with Gasteiger partial charge >= 0.3 is 0 Å². The van der Waals surface area contributed by atoms with E-state index in [4.69, 9.17) is 4.74 Å². The Labute approximate surface area is 95.6 Å². The normalized spacial score (nSPS) is 20.2. The number of aromatic nitrogens is 2. The lowest BCUT2D eigenvalue weighted by atomic mass is 10.1. The van der Waals surface area contributed by atoms with E-state index < -0.39 is 0 Å². The lowest BCUT2D eigenvalue weighted by Crippen LogP contribution is -2.12. The molecule has 2 heterocycles. The van der Waals surface area contributed by atoms with E-state index in [0.29, 0.717) is 12.5 Å². The zero-order chi connectivity index (χ0) is 11.4. The molecule has 0 spiro atoms. The Morgan fingerprint density at radius 1 is 1.69 bits per heavy atom. The Hall–Kier alpha value is -1.16. The summed E-state index contributed by atoms with van der Waals surface area (Å²) < 4.78 is 7.25. The van der Waals surface area contributed by atoms with Crippen molar-refractivity contribution >= 4 is 5.78 Å². The zero-order valence-corrected chi connectivity index (χ0v) is 9.69. The molecule has 0 aliphatic carbocycles. The SMILES string of the molecule is CCn1nccc1C(=O)CCC1CCCO1. The van der Waals surface area contributed by atoms with Gasteiger partial charge in [0.2, 0.25) is 0 Å². The van der Waals surface area contributed by atoms with E-state index in [1.54, 1.807) is 16.9 Å². The second-order valence-corrected chi connectivity index (χ2v) is 4.13. The molecule has 1 aromatic rings. The fourth-order valence-corrected chi connectivity index (χ4v) is 2.11. The summed E-state index contributed by atoms with van der Waals surface area (Å²) in [6.07, 6.45) is 5.61. The van der Waals surface area contributed by atoms with Gasteiger partial charge in [0.25, 0.3) is 0 Å². The third-order valence-electron chi connectivity index (χ3n) is 3.02. The van der Waals surface area contributed by atoms with Gasteiger partial charge in [-0.2, -0.15) is 5.10 Å². The number of hydrogen-bond acceptors (Lipinski definition) is 3. The minimum atomic E-state index is 0.176. The quantitative estimate of drug-likeness (QED) is 0.716. The van der Waals surface area contributed by atoms with Gasteiger partial charge in [-0.1, -0.05) is 0 Å². The Bertz CT molecular complexity index is 354. The van der Waals surface area contributed by atoms with Crippen molar-refractivity contribution in [3.05, 3.63) is 18.0 Å². The van der Waals surface area contributed by atoms with Gasteiger partial charge in [0.05, 0.1) is 6.10 Å². The van der Waals surface area contributed by atoms with Crippen molar-refractivity contribution in [3.8, 4) is 0 Å². The molecule has 0 saturated carbocycles. The number of aryl methyl sites for hydroxylation is 1. The monoisotopic (exact) mass is 222 g/mol. The molecule has 0 N–H and O–H groups in total. The van der Waals surface area contributed by atoms with Gasteiger partial charge < -0.3 is 4.74 Å².